The van der Waals surface area contributed by atoms with Crippen LogP contribution in [0.2, 0.25) is 0 Å². The van der Waals surface area contributed by atoms with Crippen molar-refractivity contribution in [3.8, 4) is 5.75 Å². The summed E-state index contributed by atoms with van der Waals surface area (Å²) in [4.78, 5) is 10.1. The molecular formula is C19H26N4OS. The Morgan fingerprint density at radius 2 is 2.12 bits per heavy atom. The molecule has 1 heterocycles. The summed E-state index contributed by atoms with van der Waals surface area (Å²) in [5.41, 5.74) is 2.21. The molecule has 2 N–H and O–H groups in total. The third kappa shape index (κ3) is 5.90. The summed E-state index contributed by atoms with van der Waals surface area (Å²) in [7, 11) is 1.77. The van der Waals surface area contributed by atoms with E-state index in [-0.39, 0.29) is 0 Å². The highest BCUT2D eigenvalue weighted by atomic mass is 32.1. The van der Waals surface area contributed by atoms with Gasteiger partial charge in [-0.05, 0) is 19.9 Å². The van der Waals surface area contributed by atoms with Gasteiger partial charge in [0, 0.05) is 37.0 Å². The van der Waals surface area contributed by atoms with Crippen LogP contribution in [0.4, 0.5) is 0 Å². The maximum atomic E-state index is 5.68. The van der Waals surface area contributed by atoms with E-state index in [0.29, 0.717) is 13.2 Å². The van der Waals surface area contributed by atoms with Crippen molar-refractivity contribution >= 4 is 17.3 Å². The molecule has 0 spiro atoms. The zero-order valence-corrected chi connectivity index (χ0v) is 15.9. The molecule has 0 fully saturated rings. The first-order valence-electron chi connectivity index (χ1n) is 8.33. The maximum absolute atomic E-state index is 5.68. The van der Waals surface area contributed by atoms with Crippen molar-refractivity contribution in [2.24, 2.45) is 4.99 Å². The molecule has 0 radical (unpaired) electrons. The Bertz CT molecular complexity index is 704. The highest BCUT2D eigenvalue weighted by Crippen LogP contribution is 2.18. The number of para-hydroxylation sites is 1. The van der Waals surface area contributed by atoms with Crippen LogP contribution in [0.15, 0.2) is 41.9 Å². The quantitative estimate of drug-likeness (QED) is 0.432. The molecule has 0 aliphatic carbocycles. The van der Waals surface area contributed by atoms with Crippen LogP contribution in [0.3, 0.4) is 0 Å². The Kier molecular flexibility index (Phi) is 7.47. The van der Waals surface area contributed by atoms with Gasteiger partial charge in [0.05, 0.1) is 10.7 Å². The number of nitrogens with zero attached hydrogens (tertiary/aromatic N) is 2. The van der Waals surface area contributed by atoms with Crippen molar-refractivity contribution in [3.63, 3.8) is 0 Å². The van der Waals surface area contributed by atoms with Crippen LogP contribution < -0.4 is 15.4 Å². The third-order valence-corrected chi connectivity index (χ3v) is 4.84. The molecule has 0 atom stereocenters. The lowest BCUT2D eigenvalue weighted by atomic mass is 10.2. The first-order valence-corrected chi connectivity index (χ1v) is 9.14. The summed E-state index contributed by atoms with van der Waals surface area (Å²) >= 11 is 1.76. The zero-order valence-electron chi connectivity index (χ0n) is 15.1. The predicted octanol–water partition coefficient (Wildman–Crippen LogP) is 3.23. The fourth-order valence-electron chi connectivity index (χ4n) is 2.27. The third-order valence-electron chi connectivity index (χ3n) is 3.70. The van der Waals surface area contributed by atoms with Gasteiger partial charge >= 0.3 is 0 Å². The number of aryl methyl sites for hydroxylation is 2. The lowest BCUT2D eigenvalue weighted by Gasteiger charge is -2.14. The molecule has 134 valence electrons. The Morgan fingerprint density at radius 1 is 1.32 bits per heavy atom. The van der Waals surface area contributed by atoms with E-state index in [1.54, 1.807) is 24.5 Å². The van der Waals surface area contributed by atoms with E-state index in [0.717, 1.165) is 40.9 Å². The van der Waals surface area contributed by atoms with Crippen LogP contribution in [0, 0.1) is 13.8 Å². The lowest BCUT2D eigenvalue weighted by molar-refractivity contribution is 0.358. The van der Waals surface area contributed by atoms with Crippen molar-refractivity contribution in [1.29, 1.82) is 0 Å². The Hall–Kier alpha value is -2.34. The molecule has 0 saturated carbocycles. The molecule has 0 bridgehead atoms. The van der Waals surface area contributed by atoms with E-state index >= 15 is 0 Å². The summed E-state index contributed by atoms with van der Waals surface area (Å²) < 4.78 is 5.68. The smallest absolute Gasteiger partial charge is 0.191 e. The van der Waals surface area contributed by atoms with Crippen LogP contribution in [0.25, 0.3) is 0 Å². The molecule has 2 aromatic rings. The zero-order chi connectivity index (χ0) is 18.1. The van der Waals surface area contributed by atoms with E-state index < -0.39 is 0 Å². The van der Waals surface area contributed by atoms with Crippen LogP contribution in [0.1, 0.15) is 21.1 Å². The minimum absolute atomic E-state index is 0.497. The number of hydrogen-bond acceptors (Lipinski definition) is 4. The summed E-state index contributed by atoms with van der Waals surface area (Å²) in [5.74, 6) is 1.63. The number of benzene rings is 1. The molecule has 25 heavy (non-hydrogen) atoms. The summed E-state index contributed by atoms with van der Waals surface area (Å²) in [6.07, 6.45) is 2.63. The molecule has 6 heteroatoms. The van der Waals surface area contributed by atoms with Gasteiger partial charge in [-0.1, -0.05) is 30.9 Å². The normalized spacial score (nSPS) is 11.2. The van der Waals surface area contributed by atoms with E-state index in [9.17, 15) is 0 Å². The molecule has 1 aromatic carbocycles. The summed E-state index contributed by atoms with van der Waals surface area (Å²) in [6.45, 7) is 9.77. The Morgan fingerprint density at radius 3 is 2.80 bits per heavy atom. The van der Waals surface area contributed by atoms with Crippen molar-refractivity contribution in [2.75, 3.05) is 20.2 Å². The topological polar surface area (TPSA) is 58.5 Å². The van der Waals surface area contributed by atoms with Crippen LogP contribution in [0.5, 0.6) is 5.75 Å². The fraction of sp³-hybridized carbons (Fsp3) is 0.368. The maximum Gasteiger partial charge on any atom is 0.191 e. The average molecular weight is 359 g/mol. The number of thiazole rings is 1. The molecule has 0 unspecified atom stereocenters. The Labute approximate surface area is 153 Å². The SMILES string of the molecule is C=CCOc1ccccc1CNC(=NC)NCCc1nc(C)c(C)s1. The second-order valence-electron chi connectivity index (χ2n) is 5.56. The van der Waals surface area contributed by atoms with Crippen molar-refractivity contribution in [1.82, 2.24) is 15.6 Å². The van der Waals surface area contributed by atoms with Crippen molar-refractivity contribution < 1.29 is 4.74 Å². The second kappa shape index (κ2) is 9.84. The van der Waals surface area contributed by atoms with Gasteiger partial charge < -0.3 is 15.4 Å². The first kappa shape index (κ1) is 19.0. The number of hydrogen-bond donors (Lipinski definition) is 2. The number of ether oxygens (including phenoxy) is 1. The van der Waals surface area contributed by atoms with Gasteiger partial charge in [-0.25, -0.2) is 4.98 Å². The van der Waals surface area contributed by atoms with E-state index in [1.165, 1.54) is 4.88 Å². The monoisotopic (exact) mass is 358 g/mol. The van der Waals surface area contributed by atoms with Crippen molar-refractivity contribution in [2.45, 2.75) is 26.8 Å². The number of rotatable bonds is 8. The van der Waals surface area contributed by atoms with Gasteiger partial charge in [-0.15, -0.1) is 11.3 Å². The van der Waals surface area contributed by atoms with E-state index in [2.05, 4.69) is 41.0 Å². The largest absolute Gasteiger partial charge is 0.489 e. The van der Waals surface area contributed by atoms with E-state index in [1.807, 2.05) is 24.3 Å². The summed E-state index contributed by atoms with van der Waals surface area (Å²) in [5, 5.41) is 7.80. The number of nitrogens with one attached hydrogen (secondary N) is 2. The van der Waals surface area contributed by atoms with Crippen LogP contribution >= 0.6 is 11.3 Å². The van der Waals surface area contributed by atoms with Gasteiger partial charge in [0.1, 0.15) is 12.4 Å². The van der Waals surface area contributed by atoms with Gasteiger partial charge in [0.25, 0.3) is 0 Å². The molecule has 0 aliphatic rings. The van der Waals surface area contributed by atoms with Gasteiger partial charge in [-0.2, -0.15) is 0 Å². The Balaban J connectivity index is 1.83. The predicted molar refractivity (Wildman–Crippen MR) is 106 cm³/mol. The average Bonchev–Trinajstić information content (AvgIpc) is 2.94. The molecule has 5 nitrogen and oxygen atoms in total. The standard InChI is InChI=1S/C19H26N4OS/c1-5-12-24-17-9-7-6-8-16(17)13-22-19(20-4)21-11-10-18-23-14(2)15(3)25-18/h5-9H,1,10-13H2,2-4H3,(H2,20,21,22). The van der Waals surface area contributed by atoms with Gasteiger partial charge in [0.15, 0.2) is 5.96 Å². The molecule has 0 aliphatic heterocycles. The molecular weight excluding hydrogens is 332 g/mol. The minimum Gasteiger partial charge on any atom is -0.489 e. The fourth-order valence-corrected chi connectivity index (χ4v) is 3.21. The number of aliphatic imine (C=N–C) groups is 1. The molecule has 0 amide bonds. The molecule has 2 rings (SSSR count). The first-order chi connectivity index (χ1) is 12.1. The van der Waals surface area contributed by atoms with Crippen molar-refractivity contribution in [3.05, 3.63) is 58.1 Å². The van der Waals surface area contributed by atoms with Crippen LogP contribution in [-0.2, 0) is 13.0 Å². The molecule has 0 saturated heterocycles. The second-order valence-corrected chi connectivity index (χ2v) is 6.85. The van der Waals surface area contributed by atoms with E-state index in [4.69, 9.17) is 4.74 Å². The highest BCUT2D eigenvalue weighted by molar-refractivity contribution is 7.11. The number of guanidine groups is 1. The summed E-state index contributed by atoms with van der Waals surface area (Å²) in [6, 6.07) is 7.97. The van der Waals surface area contributed by atoms with Gasteiger partial charge in [0.2, 0.25) is 0 Å². The minimum atomic E-state index is 0.497. The highest BCUT2D eigenvalue weighted by Gasteiger charge is 2.06. The van der Waals surface area contributed by atoms with Crippen LogP contribution in [-0.4, -0.2) is 31.1 Å². The number of aromatic nitrogens is 1. The molecule has 1 aromatic heterocycles. The lowest BCUT2D eigenvalue weighted by Crippen LogP contribution is -2.37. The van der Waals surface area contributed by atoms with Gasteiger partial charge in [-0.3, -0.25) is 4.99 Å².